The van der Waals surface area contributed by atoms with E-state index in [4.69, 9.17) is 0 Å². The van der Waals surface area contributed by atoms with Crippen LogP contribution >= 0.6 is 11.3 Å². The zero-order chi connectivity index (χ0) is 16.7. The van der Waals surface area contributed by atoms with Gasteiger partial charge in [0.05, 0.1) is 22.8 Å². The van der Waals surface area contributed by atoms with E-state index in [0.29, 0.717) is 10.9 Å². The molecule has 3 heterocycles. The van der Waals surface area contributed by atoms with Crippen molar-refractivity contribution < 1.29 is 4.79 Å². The van der Waals surface area contributed by atoms with Gasteiger partial charge in [0.15, 0.2) is 0 Å². The van der Waals surface area contributed by atoms with Crippen molar-refractivity contribution in [2.75, 3.05) is 5.32 Å². The second-order valence-corrected chi connectivity index (χ2v) is 7.48. The third-order valence-electron chi connectivity index (χ3n) is 4.75. The predicted octanol–water partition coefficient (Wildman–Crippen LogP) is 3.90. The first-order valence-corrected chi connectivity index (χ1v) is 9.23. The van der Waals surface area contributed by atoms with Crippen LogP contribution < -0.4 is 5.32 Å². The van der Waals surface area contributed by atoms with E-state index in [1.165, 1.54) is 30.6 Å². The summed E-state index contributed by atoms with van der Waals surface area (Å²) in [5, 5.41) is 12.9. The Morgan fingerprint density at radius 3 is 2.88 bits per heavy atom. The molecule has 7 heteroatoms. The van der Waals surface area contributed by atoms with E-state index in [2.05, 4.69) is 15.5 Å². The van der Waals surface area contributed by atoms with Crippen molar-refractivity contribution in [2.45, 2.75) is 45.1 Å². The molecular formula is C17H21N5OS. The summed E-state index contributed by atoms with van der Waals surface area (Å²) in [6.45, 7) is 1.97. The van der Waals surface area contributed by atoms with Gasteiger partial charge in [-0.3, -0.25) is 9.48 Å². The normalized spacial score (nSPS) is 15.9. The van der Waals surface area contributed by atoms with Crippen molar-refractivity contribution in [2.24, 2.45) is 7.05 Å². The number of rotatable bonds is 3. The number of carbonyl (C=O) groups is 1. The Morgan fingerprint density at radius 1 is 1.33 bits per heavy atom. The quantitative estimate of drug-likeness (QED) is 0.784. The molecule has 24 heavy (non-hydrogen) atoms. The molecule has 0 unspecified atom stereocenters. The summed E-state index contributed by atoms with van der Waals surface area (Å²) < 4.78 is 3.82. The van der Waals surface area contributed by atoms with E-state index >= 15 is 0 Å². The molecule has 1 amide bonds. The average molecular weight is 343 g/mol. The molecule has 1 saturated carbocycles. The Balaban J connectivity index is 1.57. The van der Waals surface area contributed by atoms with E-state index in [-0.39, 0.29) is 5.91 Å². The molecule has 0 radical (unpaired) electrons. The highest BCUT2D eigenvalue weighted by Gasteiger charge is 2.21. The highest BCUT2D eigenvalue weighted by Crippen LogP contribution is 2.31. The minimum absolute atomic E-state index is 0.0758. The van der Waals surface area contributed by atoms with E-state index in [9.17, 15) is 4.79 Å². The maximum absolute atomic E-state index is 12.7. The summed E-state index contributed by atoms with van der Waals surface area (Å²) in [6, 6.07) is 4.21. The van der Waals surface area contributed by atoms with Crippen molar-refractivity contribution >= 4 is 33.3 Å². The third-order valence-corrected chi connectivity index (χ3v) is 5.95. The number of amides is 1. The number of aromatic nitrogens is 4. The molecule has 0 aromatic carbocycles. The van der Waals surface area contributed by atoms with Gasteiger partial charge in [-0.1, -0.05) is 19.3 Å². The Kier molecular flexibility index (Phi) is 3.88. The summed E-state index contributed by atoms with van der Waals surface area (Å²) in [6.07, 6.45) is 7.81. The molecule has 3 aromatic rings. The van der Waals surface area contributed by atoms with Crippen LogP contribution in [0.4, 0.5) is 5.82 Å². The molecule has 1 aliphatic rings. The largest absolute Gasteiger partial charge is 0.306 e. The van der Waals surface area contributed by atoms with Gasteiger partial charge in [-0.2, -0.15) is 10.2 Å². The van der Waals surface area contributed by atoms with Crippen LogP contribution in [-0.2, 0) is 7.05 Å². The van der Waals surface area contributed by atoms with Crippen LogP contribution in [0.2, 0.25) is 0 Å². The molecule has 0 bridgehead atoms. The minimum Gasteiger partial charge on any atom is -0.306 e. The van der Waals surface area contributed by atoms with Crippen molar-refractivity contribution in [3.63, 3.8) is 0 Å². The van der Waals surface area contributed by atoms with E-state index in [1.807, 2.05) is 35.5 Å². The Bertz CT molecular complexity index is 850. The third kappa shape index (κ3) is 2.62. The smallest absolute Gasteiger partial charge is 0.266 e. The molecule has 1 fully saturated rings. The number of hydrogen-bond donors (Lipinski definition) is 1. The summed E-state index contributed by atoms with van der Waals surface area (Å²) in [5.74, 6) is 0.715. The lowest BCUT2D eigenvalue weighted by Gasteiger charge is -2.23. The lowest BCUT2D eigenvalue weighted by molar-refractivity contribution is 0.102. The molecule has 0 saturated heterocycles. The summed E-state index contributed by atoms with van der Waals surface area (Å²) in [5.41, 5.74) is 0.954. The van der Waals surface area contributed by atoms with Gasteiger partial charge in [0, 0.05) is 18.5 Å². The Morgan fingerprint density at radius 2 is 2.12 bits per heavy atom. The number of aryl methyl sites for hydroxylation is 2. The molecular weight excluding hydrogens is 322 g/mol. The molecule has 1 aliphatic carbocycles. The van der Waals surface area contributed by atoms with Gasteiger partial charge in [-0.25, -0.2) is 4.68 Å². The predicted molar refractivity (Wildman–Crippen MR) is 95.6 cm³/mol. The SMILES string of the molecule is Cc1nn(C)c2sc(C(=O)Nc3ccnn3C3CCCCC3)cc12. The lowest BCUT2D eigenvalue weighted by atomic mass is 9.96. The number of carbonyl (C=O) groups excluding carboxylic acids is 1. The van der Waals surface area contributed by atoms with E-state index < -0.39 is 0 Å². The second kappa shape index (κ2) is 6.05. The fraction of sp³-hybridized carbons (Fsp3) is 0.471. The molecule has 126 valence electrons. The zero-order valence-electron chi connectivity index (χ0n) is 14.0. The van der Waals surface area contributed by atoms with Crippen LogP contribution in [0.1, 0.15) is 53.5 Å². The molecule has 1 N–H and O–H groups in total. The summed E-state index contributed by atoms with van der Waals surface area (Å²) in [4.78, 5) is 14.4. The van der Waals surface area contributed by atoms with Gasteiger partial charge in [0.1, 0.15) is 10.6 Å². The van der Waals surface area contributed by atoms with Crippen LogP contribution in [-0.4, -0.2) is 25.5 Å². The number of thiophene rings is 1. The molecule has 6 nitrogen and oxygen atoms in total. The zero-order valence-corrected chi connectivity index (χ0v) is 14.8. The first-order valence-electron chi connectivity index (χ1n) is 8.41. The molecule has 0 atom stereocenters. The van der Waals surface area contributed by atoms with Crippen molar-refractivity contribution in [1.29, 1.82) is 0 Å². The number of nitrogens with zero attached hydrogens (tertiary/aromatic N) is 4. The van der Waals surface area contributed by atoms with Gasteiger partial charge >= 0.3 is 0 Å². The van der Waals surface area contributed by atoms with Crippen LogP contribution in [0.15, 0.2) is 18.3 Å². The highest BCUT2D eigenvalue weighted by atomic mass is 32.1. The molecule has 0 spiro atoms. The van der Waals surface area contributed by atoms with Gasteiger partial charge in [0.2, 0.25) is 0 Å². The van der Waals surface area contributed by atoms with E-state index in [0.717, 1.165) is 34.6 Å². The number of nitrogens with one attached hydrogen (secondary N) is 1. The summed E-state index contributed by atoms with van der Waals surface area (Å²) >= 11 is 1.47. The van der Waals surface area contributed by atoms with Crippen LogP contribution in [0, 0.1) is 6.92 Å². The molecule has 3 aromatic heterocycles. The Labute approximate surface area is 144 Å². The first-order chi connectivity index (χ1) is 11.6. The number of anilines is 1. The number of hydrogen-bond acceptors (Lipinski definition) is 4. The summed E-state index contributed by atoms with van der Waals surface area (Å²) in [7, 11) is 1.91. The van der Waals surface area contributed by atoms with Crippen LogP contribution in [0.5, 0.6) is 0 Å². The van der Waals surface area contributed by atoms with Crippen molar-refractivity contribution in [1.82, 2.24) is 19.6 Å². The van der Waals surface area contributed by atoms with E-state index in [1.54, 1.807) is 6.20 Å². The first kappa shape index (κ1) is 15.4. The molecule has 4 rings (SSSR count). The fourth-order valence-electron chi connectivity index (χ4n) is 3.52. The van der Waals surface area contributed by atoms with Crippen LogP contribution in [0.25, 0.3) is 10.2 Å². The van der Waals surface area contributed by atoms with Crippen molar-refractivity contribution in [3.8, 4) is 0 Å². The standard InChI is InChI=1S/C17H21N5OS/c1-11-13-10-14(24-17(13)21(2)20-11)16(23)19-15-8-9-18-22(15)12-6-4-3-5-7-12/h8-10,12H,3-7H2,1-2H3,(H,19,23). The maximum atomic E-state index is 12.7. The van der Waals surface area contributed by atoms with Crippen molar-refractivity contribution in [3.05, 3.63) is 28.9 Å². The lowest BCUT2D eigenvalue weighted by Crippen LogP contribution is -2.19. The van der Waals surface area contributed by atoms with Gasteiger partial charge in [0.25, 0.3) is 5.91 Å². The van der Waals surface area contributed by atoms with Gasteiger partial charge < -0.3 is 5.32 Å². The topological polar surface area (TPSA) is 64.7 Å². The monoisotopic (exact) mass is 343 g/mol. The highest BCUT2D eigenvalue weighted by molar-refractivity contribution is 7.20. The number of fused-ring (bicyclic) bond motifs is 1. The molecule has 0 aliphatic heterocycles. The maximum Gasteiger partial charge on any atom is 0.266 e. The second-order valence-electron chi connectivity index (χ2n) is 6.45. The van der Waals surface area contributed by atoms with Crippen LogP contribution in [0.3, 0.4) is 0 Å². The fourth-order valence-corrected chi connectivity index (χ4v) is 4.54. The Hall–Kier alpha value is -2.15. The average Bonchev–Trinajstić information content (AvgIpc) is 3.27. The minimum atomic E-state index is -0.0758. The van der Waals surface area contributed by atoms with Gasteiger partial charge in [-0.15, -0.1) is 11.3 Å². The van der Waals surface area contributed by atoms with Gasteiger partial charge in [-0.05, 0) is 25.8 Å².